The van der Waals surface area contributed by atoms with Crippen molar-refractivity contribution in [2.45, 2.75) is 6.92 Å². The molecule has 1 aromatic carbocycles. The average Bonchev–Trinajstić information content (AvgIpc) is 2.27. The van der Waals surface area contributed by atoms with Crippen LogP contribution in [0.25, 0.3) is 0 Å². The minimum atomic E-state index is -0.237. The minimum absolute atomic E-state index is 0.237. The third kappa shape index (κ3) is 2.08. The van der Waals surface area contributed by atoms with Crippen molar-refractivity contribution in [3.8, 4) is 0 Å². The van der Waals surface area contributed by atoms with Crippen molar-refractivity contribution in [3.05, 3.63) is 28.5 Å². The normalized spacial score (nSPS) is 16.9. The Morgan fingerprint density at radius 1 is 1.33 bits per heavy atom. The van der Waals surface area contributed by atoms with E-state index in [4.69, 9.17) is 11.6 Å². The minimum Gasteiger partial charge on any atom is -0.368 e. The van der Waals surface area contributed by atoms with Crippen LogP contribution in [0.5, 0.6) is 0 Å². The summed E-state index contributed by atoms with van der Waals surface area (Å²) in [6.45, 7) is 5.46. The van der Waals surface area contributed by atoms with E-state index in [2.05, 4.69) is 10.2 Å². The van der Waals surface area contributed by atoms with Crippen molar-refractivity contribution < 1.29 is 4.39 Å². The number of rotatable bonds is 1. The Morgan fingerprint density at radius 2 is 2.00 bits per heavy atom. The van der Waals surface area contributed by atoms with Crippen LogP contribution in [-0.4, -0.2) is 26.2 Å². The van der Waals surface area contributed by atoms with E-state index in [9.17, 15) is 4.39 Å². The average molecular weight is 229 g/mol. The van der Waals surface area contributed by atoms with Crippen LogP contribution in [0.2, 0.25) is 5.02 Å². The van der Waals surface area contributed by atoms with E-state index in [0.717, 1.165) is 31.9 Å². The summed E-state index contributed by atoms with van der Waals surface area (Å²) in [4.78, 5) is 2.19. The number of nitrogens with one attached hydrogen (secondary N) is 1. The van der Waals surface area contributed by atoms with Gasteiger partial charge in [0.1, 0.15) is 5.82 Å². The largest absolute Gasteiger partial charge is 0.368 e. The molecule has 0 aliphatic carbocycles. The van der Waals surface area contributed by atoms with Crippen LogP contribution in [0.3, 0.4) is 0 Å². The zero-order valence-electron chi connectivity index (χ0n) is 8.69. The van der Waals surface area contributed by atoms with E-state index in [1.165, 1.54) is 6.07 Å². The molecule has 1 saturated heterocycles. The maximum Gasteiger partial charge on any atom is 0.127 e. The highest BCUT2D eigenvalue weighted by atomic mass is 35.5. The van der Waals surface area contributed by atoms with Crippen LogP contribution >= 0.6 is 11.6 Å². The fourth-order valence-electron chi connectivity index (χ4n) is 1.80. The van der Waals surface area contributed by atoms with E-state index >= 15 is 0 Å². The maximum absolute atomic E-state index is 13.2. The Hall–Kier alpha value is -0.800. The highest BCUT2D eigenvalue weighted by molar-refractivity contribution is 6.34. The molecule has 15 heavy (non-hydrogen) atoms. The van der Waals surface area contributed by atoms with Gasteiger partial charge in [0.2, 0.25) is 0 Å². The number of benzene rings is 1. The van der Waals surface area contributed by atoms with Crippen molar-refractivity contribution in [3.63, 3.8) is 0 Å². The van der Waals surface area contributed by atoms with Crippen molar-refractivity contribution in [2.24, 2.45) is 0 Å². The molecular formula is C11H14ClFN2. The molecule has 0 aromatic heterocycles. The molecule has 82 valence electrons. The second-order valence-electron chi connectivity index (χ2n) is 3.74. The lowest BCUT2D eigenvalue weighted by molar-refractivity contribution is 0.586. The third-order valence-corrected chi connectivity index (χ3v) is 3.23. The van der Waals surface area contributed by atoms with Crippen LogP contribution in [-0.2, 0) is 0 Å². The van der Waals surface area contributed by atoms with E-state index in [-0.39, 0.29) is 5.82 Å². The predicted octanol–water partition coefficient (Wildman–Crippen LogP) is 2.20. The summed E-state index contributed by atoms with van der Waals surface area (Å²) in [6.07, 6.45) is 0. The molecule has 1 heterocycles. The summed E-state index contributed by atoms with van der Waals surface area (Å²) < 4.78 is 13.2. The lowest BCUT2D eigenvalue weighted by Crippen LogP contribution is -2.43. The van der Waals surface area contributed by atoms with E-state index in [0.29, 0.717) is 10.6 Å². The Bertz CT molecular complexity index is 362. The van der Waals surface area contributed by atoms with Crippen molar-refractivity contribution >= 4 is 17.3 Å². The second-order valence-corrected chi connectivity index (χ2v) is 4.12. The molecule has 4 heteroatoms. The maximum atomic E-state index is 13.2. The molecular weight excluding hydrogens is 215 g/mol. The van der Waals surface area contributed by atoms with Crippen LogP contribution < -0.4 is 10.2 Å². The Labute approximate surface area is 94.0 Å². The van der Waals surface area contributed by atoms with Crippen LogP contribution in [0.1, 0.15) is 5.56 Å². The molecule has 1 fully saturated rings. The monoisotopic (exact) mass is 228 g/mol. The first-order valence-corrected chi connectivity index (χ1v) is 5.48. The smallest absolute Gasteiger partial charge is 0.127 e. The van der Waals surface area contributed by atoms with Gasteiger partial charge in [-0.2, -0.15) is 0 Å². The van der Waals surface area contributed by atoms with Crippen LogP contribution in [0, 0.1) is 12.7 Å². The van der Waals surface area contributed by atoms with Gasteiger partial charge in [0.05, 0.1) is 10.7 Å². The molecule has 0 atom stereocenters. The second kappa shape index (κ2) is 4.37. The quantitative estimate of drug-likeness (QED) is 0.793. The van der Waals surface area contributed by atoms with Gasteiger partial charge in [0, 0.05) is 31.7 Å². The van der Waals surface area contributed by atoms with Crippen LogP contribution in [0.15, 0.2) is 12.1 Å². The van der Waals surface area contributed by atoms with E-state index in [1.54, 1.807) is 13.0 Å². The molecule has 2 nitrogen and oxygen atoms in total. The molecule has 1 aromatic rings. The molecule has 1 aliphatic heterocycles. The van der Waals surface area contributed by atoms with Gasteiger partial charge in [-0.3, -0.25) is 0 Å². The van der Waals surface area contributed by atoms with Gasteiger partial charge in [-0.25, -0.2) is 4.39 Å². The zero-order valence-corrected chi connectivity index (χ0v) is 9.44. The summed E-state index contributed by atoms with van der Waals surface area (Å²) in [5.41, 5.74) is 1.48. The molecule has 0 radical (unpaired) electrons. The fourth-order valence-corrected chi connectivity index (χ4v) is 2.07. The molecule has 1 N–H and O–H groups in total. The number of halogens is 2. The summed E-state index contributed by atoms with van der Waals surface area (Å²) in [5, 5.41) is 3.81. The standard InChI is InChI=1S/C11H14ClFN2/c1-8-9(13)2-3-10(11(8)12)15-6-4-14-5-7-15/h2-3,14H,4-7H2,1H3. The van der Waals surface area contributed by atoms with Gasteiger partial charge in [-0.15, -0.1) is 0 Å². The van der Waals surface area contributed by atoms with Gasteiger partial charge in [-0.05, 0) is 19.1 Å². The first-order chi connectivity index (χ1) is 7.20. The highest BCUT2D eigenvalue weighted by Gasteiger charge is 2.15. The molecule has 0 unspecified atom stereocenters. The Morgan fingerprint density at radius 3 is 2.67 bits per heavy atom. The zero-order chi connectivity index (χ0) is 10.8. The number of hydrogen-bond acceptors (Lipinski definition) is 2. The van der Waals surface area contributed by atoms with Crippen molar-refractivity contribution in [1.29, 1.82) is 0 Å². The molecule has 1 aliphatic rings. The Balaban J connectivity index is 2.31. The third-order valence-electron chi connectivity index (χ3n) is 2.76. The van der Waals surface area contributed by atoms with E-state index < -0.39 is 0 Å². The summed E-state index contributed by atoms with van der Waals surface area (Å²) in [7, 11) is 0. The summed E-state index contributed by atoms with van der Waals surface area (Å²) in [5.74, 6) is -0.237. The SMILES string of the molecule is Cc1c(F)ccc(N2CCNCC2)c1Cl. The van der Waals surface area contributed by atoms with Gasteiger partial charge < -0.3 is 10.2 Å². The molecule has 0 bridgehead atoms. The van der Waals surface area contributed by atoms with Gasteiger partial charge >= 0.3 is 0 Å². The lowest BCUT2D eigenvalue weighted by atomic mass is 10.2. The Kier molecular flexibility index (Phi) is 3.12. The molecule has 0 spiro atoms. The molecule has 0 amide bonds. The number of anilines is 1. The van der Waals surface area contributed by atoms with Crippen molar-refractivity contribution in [1.82, 2.24) is 5.32 Å². The number of hydrogen-bond donors (Lipinski definition) is 1. The first kappa shape index (κ1) is 10.7. The van der Waals surface area contributed by atoms with Gasteiger partial charge in [-0.1, -0.05) is 11.6 Å². The summed E-state index contributed by atoms with van der Waals surface area (Å²) >= 11 is 6.13. The number of nitrogens with zero attached hydrogens (tertiary/aromatic N) is 1. The lowest BCUT2D eigenvalue weighted by Gasteiger charge is -2.30. The molecule has 0 saturated carbocycles. The van der Waals surface area contributed by atoms with Gasteiger partial charge in [0.25, 0.3) is 0 Å². The highest BCUT2D eigenvalue weighted by Crippen LogP contribution is 2.30. The first-order valence-electron chi connectivity index (χ1n) is 5.10. The number of piperazine rings is 1. The summed E-state index contributed by atoms with van der Waals surface area (Å²) in [6, 6.07) is 3.24. The van der Waals surface area contributed by atoms with Gasteiger partial charge in [0.15, 0.2) is 0 Å². The van der Waals surface area contributed by atoms with Crippen molar-refractivity contribution in [2.75, 3.05) is 31.1 Å². The van der Waals surface area contributed by atoms with E-state index in [1.807, 2.05) is 0 Å². The predicted molar refractivity (Wildman–Crippen MR) is 61.2 cm³/mol. The molecule has 2 rings (SSSR count). The topological polar surface area (TPSA) is 15.3 Å². The fraction of sp³-hybridized carbons (Fsp3) is 0.455. The van der Waals surface area contributed by atoms with Crippen LogP contribution in [0.4, 0.5) is 10.1 Å².